The van der Waals surface area contributed by atoms with Crippen LogP contribution in [0.4, 0.5) is 16.3 Å². The summed E-state index contributed by atoms with van der Waals surface area (Å²) in [6.45, 7) is 1.96. The van der Waals surface area contributed by atoms with Gasteiger partial charge in [0.05, 0.1) is 27.9 Å². The number of hydrogen-bond donors (Lipinski definition) is 2. The van der Waals surface area contributed by atoms with Crippen LogP contribution >= 0.6 is 23.2 Å². The van der Waals surface area contributed by atoms with Crippen LogP contribution in [-0.2, 0) is 4.74 Å². The predicted octanol–water partition coefficient (Wildman–Crippen LogP) is 5.09. The largest absolute Gasteiger partial charge is 0.462 e. The maximum atomic E-state index is 12.5. The van der Waals surface area contributed by atoms with E-state index in [4.69, 9.17) is 37.4 Å². The molecule has 0 atom stereocenters. The monoisotopic (exact) mass is 447 g/mol. The van der Waals surface area contributed by atoms with E-state index in [9.17, 15) is 9.59 Å². The lowest BCUT2D eigenvalue weighted by Crippen LogP contribution is -2.22. The van der Waals surface area contributed by atoms with Gasteiger partial charge in [0.1, 0.15) is 11.4 Å². The Hall–Kier alpha value is -3.23. The number of carbonyl (C=O) groups is 2. The van der Waals surface area contributed by atoms with E-state index >= 15 is 0 Å². The Morgan fingerprint density at radius 3 is 2.67 bits per heavy atom. The van der Waals surface area contributed by atoms with Gasteiger partial charge in [-0.05, 0) is 31.2 Å². The number of ether oxygens (including phenoxy) is 3. The fourth-order valence-electron chi connectivity index (χ4n) is 2.89. The van der Waals surface area contributed by atoms with Gasteiger partial charge in [0.15, 0.2) is 11.5 Å². The number of nitrogens with zero attached hydrogens (tertiary/aromatic N) is 1. The van der Waals surface area contributed by atoms with Crippen LogP contribution in [-0.4, -0.2) is 30.4 Å². The molecule has 30 heavy (non-hydrogen) atoms. The first-order valence-corrected chi connectivity index (χ1v) is 9.65. The van der Waals surface area contributed by atoms with Gasteiger partial charge < -0.3 is 19.5 Å². The van der Waals surface area contributed by atoms with Gasteiger partial charge in [0, 0.05) is 11.5 Å². The van der Waals surface area contributed by atoms with Crippen molar-refractivity contribution in [2.24, 2.45) is 0 Å². The van der Waals surface area contributed by atoms with E-state index in [1.54, 1.807) is 43.3 Å². The Balaban J connectivity index is 1.69. The number of amides is 2. The van der Waals surface area contributed by atoms with Crippen molar-refractivity contribution in [3.05, 3.63) is 52.0 Å². The average molecular weight is 448 g/mol. The molecule has 2 amide bonds. The van der Waals surface area contributed by atoms with Crippen LogP contribution in [0.2, 0.25) is 10.0 Å². The third-order valence-corrected chi connectivity index (χ3v) is 5.06. The molecule has 1 aliphatic rings. The third kappa shape index (κ3) is 3.92. The van der Waals surface area contributed by atoms with Gasteiger partial charge in [-0.1, -0.05) is 29.3 Å². The molecule has 0 fully saturated rings. The zero-order chi connectivity index (χ0) is 21.3. The molecule has 0 saturated heterocycles. The number of pyridine rings is 1. The van der Waals surface area contributed by atoms with E-state index < -0.39 is 12.0 Å². The second-order valence-electron chi connectivity index (χ2n) is 6.18. The summed E-state index contributed by atoms with van der Waals surface area (Å²) < 4.78 is 15.8. The quantitative estimate of drug-likeness (QED) is 0.540. The van der Waals surface area contributed by atoms with E-state index in [1.807, 2.05) is 0 Å². The molecule has 2 aromatic carbocycles. The number of nitrogens with one attached hydrogen (secondary N) is 2. The molecule has 3 aromatic rings. The Morgan fingerprint density at radius 2 is 1.90 bits per heavy atom. The van der Waals surface area contributed by atoms with Gasteiger partial charge in [-0.15, -0.1) is 0 Å². The molecule has 1 aromatic heterocycles. The number of rotatable bonds is 4. The first-order valence-electron chi connectivity index (χ1n) is 8.89. The number of halogens is 2. The lowest BCUT2D eigenvalue weighted by atomic mass is 10.1. The molecule has 0 saturated carbocycles. The molecule has 0 unspecified atom stereocenters. The van der Waals surface area contributed by atoms with Crippen LogP contribution in [0.25, 0.3) is 10.9 Å². The number of benzene rings is 2. The smallest absolute Gasteiger partial charge is 0.341 e. The van der Waals surface area contributed by atoms with Crippen molar-refractivity contribution in [3.63, 3.8) is 0 Å². The van der Waals surface area contributed by atoms with Crippen molar-refractivity contribution < 1.29 is 23.8 Å². The van der Waals surface area contributed by atoms with Gasteiger partial charge in [0.25, 0.3) is 0 Å². The van der Waals surface area contributed by atoms with Crippen LogP contribution < -0.4 is 20.1 Å². The Kier molecular flexibility index (Phi) is 5.52. The molecule has 0 bridgehead atoms. The molecule has 4 rings (SSSR count). The molecular weight excluding hydrogens is 433 g/mol. The summed E-state index contributed by atoms with van der Waals surface area (Å²) in [6.07, 6.45) is 0. The number of hydrogen-bond acceptors (Lipinski definition) is 6. The van der Waals surface area contributed by atoms with Crippen molar-refractivity contribution in [1.82, 2.24) is 4.98 Å². The van der Waals surface area contributed by atoms with Gasteiger partial charge in [-0.3, -0.25) is 5.32 Å². The minimum Gasteiger partial charge on any atom is -0.462 e. The average Bonchev–Trinajstić information content (AvgIpc) is 3.16. The molecule has 154 valence electrons. The standard InChI is InChI=1S/C20H15Cl2N3O5/c1-2-28-19(26)11-6-10-7-15-16(30-9-29-15)8-14(10)23-18(11)25-20(27)24-13-5-3-4-12(21)17(13)22/h3-8H,2,9H2,1H3,(H2,23,24,25,27). The number of aromatic nitrogens is 1. The Bertz CT molecular complexity index is 1170. The van der Waals surface area contributed by atoms with E-state index in [-0.39, 0.29) is 29.8 Å². The Morgan fingerprint density at radius 1 is 1.13 bits per heavy atom. The summed E-state index contributed by atoms with van der Waals surface area (Å²) in [7, 11) is 0. The lowest BCUT2D eigenvalue weighted by Gasteiger charge is -2.13. The minimum atomic E-state index is -0.655. The maximum absolute atomic E-state index is 12.5. The maximum Gasteiger partial charge on any atom is 0.341 e. The van der Waals surface area contributed by atoms with Crippen LogP contribution in [0.3, 0.4) is 0 Å². The van der Waals surface area contributed by atoms with E-state index in [0.717, 1.165) is 0 Å². The molecule has 2 heterocycles. The van der Waals surface area contributed by atoms with E-state index in [1.165, 1.54) is 0 Å². The summed E-state index contributed by atoms with van der Waals surface area (Å²) in [5, 5.41) is 6.27. The van der Waals surface area contributed by atoms with Crippen molar-refractivity contribution >= 4 is 57.6 Å². The van der Waals surface area contributed by atoms with Crippen LogP contribution in [0.1, 0.15) is 17.3 Å². The summed E-state index contributed by atoms with van der Waals surface area (Å²) in [5.41, 5.74) is 0.905. The zero-order valence-electron chi connectivity index (χ0n) is 15.6. The number of anilines is 2. The van der Waals surface area contributed by atoms with Crippen molar-refractivity contribution in [3.8, 4) is 11.5 Å². The second-order valence-corrected chi connectivity index (χ2v) is 6.97. The van der Waals surface area contributed by atoms with Crippen molar-refractivity contribution in [1.29, 1.82) is 0 Å². The topological polar surface area (TPSA) is 98.8 Å². The number of fused-ring (bicyclic) bond motifs is 2. The summed E-state index contributed by atoms with van der Waals surface area (Å²) in [5.74, 6) is 0.476. The molecule has 0 aliphatic carbocycles. The molecule has 2 N–H and O–H groups in total. The highest BCUT2D eigenvalue weighted by molar-refractivity contribution is 6.44. The van der Waals surface area contributed by atoms with Crippen LogP contribution in [0.15, 0.2) is 36.4 Å². The highest BCUT2D eigenvalue weighted by Gasteiger charge is 2.21. The normalized spacial score (nSPS) is 12.0. The van der Waals surface area contributed by atoms with Gasteiger partial charge in [-0.2, -0.15) is 0 Å². The first kappa shape index (κ1) is 20.1. The highest BCUT2D eigenvalue weighted by atomic mass is 35.5. The first-order chi connectivity index (χ1) is 14.5. The molecule has 10 heteroatoms. The lowest BCUT2D eigenvalue weighted by molar-refractivity contribution is 0.0527. The summed E-state index contributed by atoms with van der Waals surface area (Å²) >= 11 is 12.1. The fourth-order valence-corrected chi connectivity index (χ4v) is 3.23. The highest BCUT2D eigenvalue weighted by Crippen LogP contribution is 2.37. The van der Waals surface area contributed by atoms with Crippen molar-refractivity contribution in [2.75, 3.05) is 24.0 Å². The van der Waals surface area contributed by atoms with Gasteiger partial charge >= 0.3 is 12.0 Å². The molecular formula is C20H15Cl2N3O5. The molecule has 1 aliphatic heterocycles. The fraction of sp³-hybridized carbons (Fsp3) is 0.150. The van der Waals surface area contributed by atoms with Gasteiger partial charge in [-0.25, -0.2) is 14.6 Å². The van der Waals surface area contributed by atoms with Crippen LogP contribution in [0.5, 0.6) is 11.5 Å². The minimum absolute atomic E-state index is 0.0236. The van der Waals surface area contributed by atoms with Crippen LogP contribution in [0, 0.1) is 0 Å². The number of carbonyl (C=O) groups excluding carboxylic acids is 2. The van der Waals surface area contributed by atoms with E-state index in [2.05, 4.69) is 15.6 Å². The SMILES string of the molecule is CCOC(=O)c1cc2cc3c(cc2nc1NC(=O)Nc1cccc(Cl)c1Cl)OCO3. The molecule has 8 nitrogen and oxygen atoms in total. The number of esters is 1. The zero-order valence-corrected chi connectivity index (χ0v) is 17.1. The Labute approximate surface area is 181 Å². The summed E-state index contributed by atoms with van der Waals surface area (Å²) in [6, 6.07) is 9.13. The summed E-state index contributed by atoms with van der Waals surface area (Å²) in [4.78, 5) is 29.4. The number of urea groups is 1. The molecule has 0 radical (unpaired) electrons. The third-order valence-electron chi connectivity index (χ3n) is 4.24. The molecule has 0 spiro atoms. The van der Waals surface area contributed by atoms with Gasteiger partial charge in [0.2, 0.25) is 6.79 Å². The van der Waals surface area contributed by atoms with Crippen molar-refractivity contribution in [2.45, 2.75) is 6.92 Å². The second kappa shape index (κ2) is 8.25. The predicted molar refractivity (Wildman–Crippen MR) is 113 cm³/mol. The van der Waals surface area contributed by atoms with E-state index in [0.29, 0.717) is 33.1 Å².